The number of aryl methyl sites for hydroxylation is 1. The molecule has 6 heteroatoms. The Bertz CT molecular complexity index is 803. The first-order valence-electron chi connectivity index (χ1n) is 7.90. The number of nitrogens with zero attached hydrogens (tertiary/aromatic N) is 1. The Balaban J connectivity index is 1.79. The van der Waals surface area contributed by atoms with Crippen molar-refractivity contribution < 1.29 is 9.59 Å². The minimum atomic E-state index is -0.317. The van der Waals surface area contributed by atoms with Gasteiger partial charge >= 0.3 is 0 Å². The van der Waals surface area contributed by atoms with Crippen LogP contribution < -0.4 is 10.7 Å². The van der Waals surface area contributed by atoms with Gasteiger partial charge in [0.05, 0.1) is 6.21 Å². The highest BCUT2D eigenvalue weighted by Gasteiger charge is 2.09. The van der Waals surface area contributed by atoms with Crippen molar-refractivity contribution in [1.82, 2.24) is 5.43 Å². The molecule has 2 aromatic rings. The Kier molecular flexibility index (Phi) is 6.71. The van der Waals surface area contributed by atoms with E-state index in [0.717, 1.165) is 16.7 Å². The molecule has 0 fully saturated rings. The van der Waals surface area contributed by atoms with E-state index in [1.807, 2.05) is 38.1 Å². The van der Waals surface area contributed by atoms with Gasteiger partial charge in [-0.2, -0.15) is 5.10 Å². The molecule has 2 aromatic carbocycles. The molecule has 0 atom stereocenters. The zero-order valence-electron chi connectivity index (χ0n) is 14.2. The van der Waals surface area contributed by atoms with Crippen molar-refractivity contribution in [2.75, 3.05) is 5.32 Å². The number of halogens is 1. The third-order valence-corrected chi connectivity index (χ3v) is 4.11. The van der Waals surface area contributed by atoms with Gasteiger partial charge in [-0.05, 0) is 42.7 Å². The number of nitrogens with one attached hydrogen (secondary N) is 2. The van der Waals surface area contributed by atoms with E-state index >= 15 is 0 Å². The fourth-order valence-electron chi connectivity index (χ4n) is 2.14. The topological polar surface area (TPSA) is 70.6 Å². The van der Waals surface area contributed by atoms with E-state index in [9.17, 15) is 9.59 Å². The number of anilines is 1. The molecule has 25 heavy (non-hydrogen) atoms. The molecule has 2 rings (SSSR count). The number of rotatable bonds is 6. The minimum absolute atomic E-state index is 0.0521. The lowest BCUT2D eigenvalue weighted by Crippen LogP contribution is -2.21. The van der Waals surface area contributed by atoms with Crippen LogP contribution in [-0.4, -0.2) is 18.0 Å². The van der Waals surface area contributed by atoms with E-state index in [4.69, 9.17) is 11.6 Å². The highest BCUT2D eigenvalue weighted by atomic mass is 35.5. The number of amides is 2. The van der Waals surface area contributed by atoms with Gasteiger partial charge in [-0.3, -0.25) is 9.59 Å². The molecule has 0 heterocycles. The minimum Gasteiger partial charge on any atom is -0.326 e. The Morgan fingerprint density at radius 1 is 1.04 bits per heavy atom. The van der Waals surface area contributed by atoms with Crippen LogP contribution in [0.15, 0.2) is 47.6 Å². The zero-order valence-corrected chi connectivity index (χ0v) is 14.9. The SMILES string of the molecule is Cc1ccccc1/C=N/NC(=O)CCC(=O)Nc1cccc(Cl)c1C. The third kappa shape index (κ3) is 5.72. The van der Waals surface area contributed by atoms with Gasteiger partial charge < -0.3 is 5.32 Å². The molecule has 0 saturated carbocycles. The molecule has 0 saturated heterocycles. The Hall–Kier alpha value is -2.66. The van der Waals surface area contributed by atoms with E-state index in [-0.39, 0.29) is 24.7 Å². The summed E-state index contributed by atoms with van der Waals surface area (Å²) in [5, 5.41) is 7.25. The lowest BCUT2D eigenvalue weighted by atomic mass is 10.1. The molecular weight excluding hydrogens is 338 g/mol. The third-order valence-electron chi connectivity index (χ3n) is 3.70. The van der Waals surface area contributed by atoms with Crippen LogP contribution in [0.2, 0.25) is 5.02 Å². The van der Waals surface area contributed by atoms with Gasteiger partial charge in [0.25, 0.3) is 0 Å². The highest BCUT2D eigenvalue weighted by Crippen LogP contribution is 2.23. The predicted molar refractivity (Wildman–Crippen MR) is 101 cm³/mol. The van der Waals surface area contributed by atoms with Crippen LogP contribution in [0.1, 0.15) is 29.5 Å². The van der Waals surface area contributed by atoms with Gasteiger partial charge in [0, 0.05) is 23.6 Å². The second-order valence-corrected chi connectivity index (χ2v) is 6.02. The van der Waals surface area contributed by atoms with Crippen LogP contribution in [0.5, 0.6) is 0 Å². The van der Waals surface area contributed by atoms with Crippen molar-refractivity contribution >= 4 is 35.3 Å². The first kappa shape index (κ1) is 18.7. The quantitative estimate of drug-likeness (QED) is 0.609. The fourth-order valence-corrected chi connectivity index (χ4v) is 2.32. The maximum atomic E-state index is 11.9. The summed E-state index contributed by atoms with van der Waals surface area (Å²) in [4.78, 5) is 23.7. The van der Waals surface area contributed by atoms with Gasteiger partial charge in [-0.1, -0.05) is 41.9 Å². The van der Waals surface area contributed by atoms with Gasteiger partial charge in [0.2, 0.25) is 11.8 Å². The summed E-state index contributed by atoms with van der Waals surface area (Å²) < 4.78 is 0. The molecule has 130 valence electrons. The van der Waals surface area contributed by atoms with Gasteiger partial charge in [0.15, 0.2) is 0 Å². The monoisotopic (exact) mass is 357 g/mol. The average Bonchev–Trinajstić information content (AvgIpc) is 2.59. The second-order valence-electron chi connectivity index (χ2n) is 5.61. The van der Waals surface area contributed by atoms with Crippen molar-refractivity contribution in [2.45, 2.75) is 26.7 Å². The first-order chi connectivity index (χ1) is 12.0. The van der Waals surface area contributed by atoms with Gasteiger partial charge in [0.1, 0.15) is 0 Å². The number of hydrogen-bond acceptors (Lipinski definition) is 3. The van der Waals surface area contributed by atoms with E-state index in [2.05, 4.69) is 15.8 Å². The lowest BCUT2D eigenvalue weighted by Gasteiger charge is -2.09. The molecule has 0 spiro atoms. The van der Waals surface area contributed by atoms with Crippen molar-refractivity contribution in [3.63, 3.8) is 0 Å². The van der Waals surface area contributed by atoms with E-state index in [1.165, 1.54) is 0 Å². The summed E-state index contributed by atoms with van der Waals surface area (Å²) in [5.74, 6) is -0.564. The van der Waals surface area contributed by atoms with Crippen molar-refractivity contribution in [2.24, 2.45) is 5.10 Å². The van der Waals surface area contributed by atoms with Crippen molar-refractivity contribution in [3.8, 4) is 0 Å². The fraction of sp³-hybridized carbons (Fsp3) is 0.211. The zero-order chi connectivity index (χ0) is 18.2. The summed E-state index contributed by atoms with van der Waals surface area (Å²) in [5.41, 5.74) is 5.87. The number of carbonyl (C=O) groups is 2. The Morgan fingerprint density at radius 2 is 1.76 bits per heavy atom. The maximum absolute atomic E-state index is 11.9. The molecule has 5 nitrogen and oxygen atoms in total. The van der Waals surface area contributed by atoms with Gasteiger partial charge in [-0.15, -0.1) is 0 Å². The van der Waals surface area contributed by atoms with E-state index < -0.39 is 0 Å². The molecule has 0 aliphatic heterocycles. The number of hydrazone groups is 1. The molecule has 0 bridgehead atoms. The van der Waals surface area contributed by atoms with E-state index in [1.54, 1.807) is 24.4 Å². The first-order valence-corrected chi connectivity index (χ1v) is 8.27. The molecule has 0 aliphatic rings. The number of carbonyl (C=O) groups excluding carboxylic acids is 2. The van der Waals surface area contributed by atoms with Crippen LogP contribution >= 0.6 is 11.6 Å². The van der Waals surface area contributed by atoms with Crippen LogP contribution in [0.3, 0.4) is 0 Å². The number of hydrogen-bond donors (Lipinski definition) is 2. The predicted octanol–water partition coefficient (Wildman–Crippen LogP) is 3.83. The van der Waals surface area contributed by atoms with Crippen LogP contribution in [0, 0.1) is 13.8 Å². The molecule has 2 amide bonds. The maximum Gasteiger partial charge on any atom is 0.240 e. The average molecular weight is 358 g/mol. The second kappa shape index (κ2) is 8.99. The van der Waals surface area contributed by atoms with Crippen molar-refractivity contribution in [3.05, 3.63) is 64.2 Å². The molecule has 0 aromatic heterocycles. The number of benzene rings is 2. The largest absolute Gasteiger partial charge is 0.326 e. The van der Waals surface area contributed by atoms with Crippen LogP contribution in [-0.2, 0) is 9.59 Å². The molecular formula is C19H20ClN3O2. The Morgan fingerprint density at radius 3 is 2.52 bits per heavy atom. The van der Waals surface area contributed by atoms with Crippen LogP contribution in [0.25, 0.3) is 0 Å². The summed E-state index contributed by atoms with van der Waals surface area (Å²) in [7, 11) is 0. The standard InChI is InChI=1S/C19H20ClN3O2/c1-13-6-3-4-7-15(13)12-21-23-19(25)11-10-18(24)22-17-9-5-8-16(20)14(17)2/h3-9,12H,10-11H2,1-2H3,(H,22,24)(H,23,25)/b21-12+. The summed E-state index contributed by atoms with van der Waals surface area (Å²) >= 11 is 6.01. The lowest BCUT2D eigenvalue weighted by molar-refractivity contribution is -0.124. The van der Waals surface area contributed by atoms with E-state index in [0.29, 0.717) is 10.7 Å². The van der Waals surface area contributed by atoms with Gasteiger partial charge in [-0.25, -0.2) is 5.43 Å². The molecule has 0 unspecified atom stereocenters. The Labute approximate surface area is 152 Å². The molecule has 0 aliphatic carbocycles. The molecule has 0 radical (unpaired) electrons. The summed E-state index contributed by atoms with van der Waals surface area (Å²) in [6.45, 7) is 3.79. The van der Waals surface area contributed by atoms with Crippen LogP contribution in [0.4, 0.5) is 5.69 Å². The van der Waals surface area contributed by atoms with Crippen molar-refractivity contribution in [1.29, 1.82) is 0 Å². The summed E-state index contributed by atoms with van der Waals surface area (Å²) in [6.07, 6.45) is 1.71. The molecule has 2 N–H and O–H groups in total. The summed E-state index contributed by atoms with van der Waals surface area (Å²) in [6, 6.07) is 13.0. The highest BCUT2D eigenvalue weighted by molar-refractivity contribution is 6.31. The normalized spacial score (nSPS) is 10.7. The smallest absolute Gasteiger partial charge is 0.240 e.